The van der Waals surface area contributed by atoms with E-state index in [9.17, 15) is 4.79 Å². The summed E-state index contributed by atoms with van der Waals surface area (Å²) in [5, 5.41) is 2.97. The minimum atomic E-state index is -0.188. The highest BCUT2D eigenvalue weighted by molar-refractivity contribution is 6.05. The van der Waals surface area contributed by atoms with Crippen LogP contribution >= 0.6 is 0 Å². The van der Waals surface area contributed by atoms with Crippen LogP contribution in [0.5, 0.6) is 0 Å². The van der Waals surface area contributed by atoms with Crippen LogP contribution in [0.25, 0.3) is 11.2 Å². The van der Waals surface area contributed by atoms with Crippen LogP contribution in [-0.4, -0.2) is 46.7 Å². The first-order valence-corrected chi connectivity index (χ1v) is 9.65. The maximum Gasteiger partial charge on any atom is 0.257 e. The molecule has 0 bridgehead atoms. The molecule has 1 aliphatic rings. The Morgan fingerprint density at radius 2 is 2.04 bits per heavy atom. The Bertz CT molecular complexity index is 976. The van der Waals surface area contributed by atoms with E-state index in [2.05, 4.69) is 40.1 Å². The number of carbonyl (C=O) groups is 1. The van der Waals surface area contributed by atoms with E-state index in [0.29, 0.717) is 11.5 Å². The number of hydrogen-bond acceptors (Lipinski definition) is 5. The van der Waals surface area contributed by atoms with E-state index < -0.39 is 0 Å². The Morgan fingerprint density at radius 1 is 1.21 bits per heavy atom. The molecule has 2 aromatic heterocycles. The first kappa shape index (κ1) is 18.4. The molecule has 1 aromatic carbocycles. The molecule has 1 aliphatic heterocycles. The molecule has 1 amide bonds. The normalized spacial score (nSPS) is 14.6. The van der Waals surface area contributed by atoms with Gasteiger partial charge in [0.2, 0.25) is 0 Å². The molecule has 3 aromatic rings. The number of ether oxygens (including phenoxy) is 1. The Balaban J connectivity index is 1.50. The predicted octanol–water partition coefficient (Wildman–Crippen LogP) is 3.18. The average Bonchev–Trinajstić information content (AvgIpc) is 3.10. The number of nitrogens with zero attached hydrogens (tertiary/aromatic N) is 4. The number of imidazole rings is 1. The van der Waals surface area contributed by atoms with Crippen molar-refractivity contribution in [1.82, 2.24) is 14.5 Å². The lowest BCUT2D eigenvalue weighted by Crippen LogP contribution is -2.36. The number of anilines is 2. The van der Waals surface area contributed by atoms with Crippen LogP contribution in [0, 0.1) is 5.92 Å². The van der Waals surface area contributed by atoms with Crippen LogP contribution in [-0.2, 0) is 11.3 Å². The van der Waals surface area contributed by atoms with Gasteiger partial charge < -0.3 is 19.5 Å². The highest BCUT2D eigenvalue weighted by atomic mass is 16.5. The number of morpholine rings is 1. The topological polar surface area (TPSA) is 72.3 Å². The zero-order valence-corrected chi connectivity index (χ0v) is 16.3. The van der Waals surface area contributed by atoms with Gasteiger partial charge in [-0.1, -0.05) is 19.9 Å². The third-order valence-corrected chi connectivity index (χ3v) is 4.76. The summed E-state index contributed by atoms with van der Waals surface area (Å²) in [5.41, 5.74) is 3.88. The molecule has 0 atom stereocenters. The lowest BCUT2D eigenvalue weighted by molar-refractivity contribution is 0.102. The van der Waals surface area contributed by atoms with Gasteiger partial charge in [0.1, 0.15) is 5.52 Å². The van der Waals surface area contributed by atoms with Gasteiger partial charge >= 0.3 is 0 Å². The van der Waals surface area contributed by atoms with Crippen LogP contribution < -0.4 is 10.2 Å². The summed E-state index contributed by atoms with van der Waals surface area (Å²) in [6.45, 7) is 8.33. The Labute approximate surface area is 164 Å². The summed E-state index contributed by atoms with van der Waals surface area (Å²) in [4.78, 5) is 23.8. The molecule has 1 N–H and O–H groups in total. The van der Waals surface area contributed by atoms with Crippen LogP contribution in [0.15, 0.2) is 42.9 Å². The number of nitrogens with one attached hydrogen (secondary N) is 1. The molecule has 146 valence electrons. The van der Waals surface area contributed by atoms with Gasteiger partial charge in [0.15, 0.2) is 5.65 Å². The van der Waals surface area contributed by atoms with Gasteiger partial charge in [-0.2, -0.15) is 0 Å². The van der Waals surface area contributed by atoms with Crippen LogP contribution in [0.3, 0.4) is 0 Å². The minimum Gasteiger partial charge on any atom is -0.378 e. The van der Waals surface area contributed by atoms with E-state index in [0.717, 1.165) is 55.4 Å². The Kier molecular flexibility index (Phi) is 5.25. The summed E-state index contributed by atoms with van der Waals surface area (Å²) in [7, 11) is 0. The molecule has 0 radical (unpaired) electrons. The van der Waals surface area contributed by atoms with Gasteiger partial charge in [-0.05, 0) is 30.2 Å². The van der Waals surface area contributed by atoms with Crippen molar-refractivity contribution in [3.63, 3.8) is 0 Å². The third-order valence-electron chi connectivity index (χ3n) is 4.76. The van der Waals surface area contributed by atoms with Crippen molar-refractivity contribution in [1.29, 1.82) is 0 Å². The van der Waals surface area contributed by atoms with Gasteiger partial charge in [-0.3, -0.25) is 4.79 Å². The van der Waals surface area contributed by atoms with Crippen molar-refractivity contribution in [3.05, 3.63) is 48.4 Å². The van der Waals surface area contributed by atoms with E-state index in [-0.39, 0.29) is 5.91 Å². The number of rotatable bonds is 5. The second-order valence-corrected chi connectivity index (χ2v) is 7.46. The van der Waals surface area contributed by atoms with E-state index in [1.165, 1.54) is 0 Å². The van der Waals surface area contributed by atoms with E-state index >= 15 is 0 Å². The number of fused-ring (bicyclic) bond motifs is 1. The summed E-state index contributed by atoms with van der Waals surface area (Å²) in [5.74, 6) is 0.313. The quantitative estimate of drug-likeness (QED) is 0.737. The molecule has 1 saturated heterocycles. The molecule has 0 unspecified atom stereocenters. The second kappa shape index (κ2) is 7.98. The van der Waals surface area contributed by atoms with Gasteiger partial charge in [0.05, 0.1) is 25.1 Å². The summed E-state index contributed by atoms with van der Waals surface area (Å²) in [6.07, 6.45) is 3.40. The van der Waals surface area contributed by atoms with Gasteiger partial charge in [-0.25, -0.2) is 9.97 Å². The van der Waals surface area contributed by atoms with Crippen LogP contribution in [0.1, 0.15) is 24.2 Å². The zero-order valence-electron chi connectivity index (χ0n) is 16.3. The lowest BCUT2D eigenvalue weighted by Gasteiger charge is -2.29. The van der Waals surface area contributed by atoms with Crippen LogP contribution in [0.4, 0.5) is 11.4 Å². The molecule has 28 heavy (non-hydrogen) atoms. The maximum atomic E-state index is 12.7. The molecule has 0 spiro atoms. The number of pyridine rings is 1. The molecule has 3 heterocycles. The van der Waals surface area contributed by atoms with Gasteiger partial charge in [0.25, 0.3) is 5.91 Å². The predicted molar refractivity (Wildman–Crippen MR) is 110 cm³/mol. The highest BCUT2D eigenvalue weighted by Crippen LogP contribution is 2.21. The van der Waals surface area contributed by atoms with Crippen molar-refractivity contribution in [2.75, 3.05) is 36.5 Å². The maximum absolute atomic E-state index is 12.7. The molecule has 1 fully saturated rings. The van der Waals surface area contributed by atoms with E-state index in [4.69, 9.17) is 4.74 Å². The fraction of sp³-hybridized carbons (Fsp3) is 0.381. The minimum absolute atomic E-state index is 0.188. The molecule has 0 saturated carbocycles. The summed E-state index contributed by atoms with van der Waals surface area (Å²) < 4.78 is 7.43. The molecule has 7 nitrogen and oxygen atoms in total. The molecule has 4 rings (SSSR count). The first-order valence-electron chi connectivity index (χ1n) is 9.65. The SMILES string of the molecule is CC(C)Cn1cnc2cc(C(=O)Nc3cccc(N4CCOCC4)c3)cnc21. The standard InChI is InChI=1S/C21H25N5O2/c1-15(2)13-26-14-23-19-10-16(12-22-20(19)26)21(27)24-17-4-3-5-18(11-17)25-6-8-28-9-7-25/h3-5,10-12,14-15H,6-9,13H2,1-2H3,(H,24,27). The Morgan fingerprint density at radius 3 is 2.82 bits per heavy atom. The average molecular weight is 379 g/mol. The fourth-order valence-corrected chi connectivity index (χ4v) is 3.41. The third kappa shape index (κ3) is 3.99. The van der Waals surface area contributed by atoms with E-state index in [1.54, 1.807) is 18.6 Å². The second-order valence-electron chi connectivity index (χ2n) is 7.46. The van der Waals surface area contributed by atoms with Gasteiger partial charge in [-0.15, -0.1) is 0 Å². The van der Waals surface area contributed by atoms with Crippen LogP contribution in [0.2, 0.25) is 0 Å². The summed E-state index contributed by atoms with van der Waals surface area (Å²) in [6, 6.07) is 9.68. The van der Waals surface area contributed by atoms with Crippen molar-refractivity contribution in [2.24, 2.45) is 5.92 Å². The monoisotopic (exact) mass is 379 g/mol. The molecular weight excluding hydrogens is 354 g/mol. The lowest BCUT2D eigenvalue weighted by atomic mass is 10.2. The first-order chi connectivity index (χ1) is 13.6. The smallest absolute Gasteiger partial charge is 0.257 e. The van der Waals surface area contributed by atoms with Crippen molar-refractivity contribution in [3.8, 4) is 0 Å². The van der Waals surface area contributed by atoms with Crippen molar-refractivity contribution < 1.29 is 9.53 Å². The highest BCUT2D eigenvalue weighted by Gasteiger charge is 2.14. The Hall–Kier alpha value is -2.93. The summed E-state index contributed by atoms with van der Waals surface area (Å²) >= 11 is 0. The zero-order chi connectivity index (χ0) is 19.5. The van der Waals surface area contributed by atoms with Crippen molar-refractivity contribution >= 4 is 28.4 Å². The molecular formula is C21H25N5O2. The van der Waals surface area contributed by atoms with Gasteiger partial charge in [0, 0.05) is 37.2 Å². The molecule has 0 aliphatic carbocycles. The van der Waals surface area contributed by atoms with Crippen molar-refractivity contribution in [2.45, 2.75) is 20.4 Å². The number of amides is 1. The number of aromatic nitrogens is 3. The number of hydrogen-bond donors (Lipinski definition) is 1. The van der Waals surface area contributed by atoms with E-state index in [1.807, 2.05) is 22.8 Å². The molecule has 7 heteroatoms. The fourth-order valence-electron chi connectivity index (χ4n) is 3.41. The number of benzene rings is 1. The number of carbonyl (C=O) groups excluding carboxylic acids is 1. The largest absolute Gasteiger partial charge is 0.378 e.